The van der Waals surface area contributed by atoms with Gasteiger partial charge in [-0.1, -0.05) is 6.92 Å². The second kappa shape index (κ2) is 6.02. The van der Waals surface area contributed by atoms with Crippen molar-refractivity contribution in [1.82, 2.24) is 15.3 Å². The minimum Gasteiger partial charge on any atom is -0.319 e. The molecule has 1 saturated heterocycles. The Morgan fingerprint density at radius 1 is 1.33 bits per heavy atom. The van der Waals surface area contributed by atoms with E-state index in [1.165, 1.54) is 24.2 Å². The third-order valence-electron chi connectivity index (χ3n) is 3.56. The molecule has 0 aromatic carbocycles. The molecule has 0 spiro atoms. The van der Waals surface area contributed by atoms with Gasteiger partial charge in [-0.25, -0.2) is 9.97 Å². The van der Waals surface area contributed by atoms with Crippen molar-refractivity contribution in [1.29, 1.82) is 0 Å². The molecule has 2 rings (SSSR count). The summed E-state index contributed by atoms with van der Waals surface area (Å²) in [5, 5.41) is 3.75. The van der Waals surface area contributed by atoms with Crippen LogP contribution in [0.1, 0.15) is 53.7 Å². The van der Waals surface area contributed by atoms with E-state index in [0.29, 0.717) is 11.2 Å². The minimum atomic E-state index is 0.472. The second-order valence-electron chi connectivity index (χ2n) is 5.13. The Bertz CT molecular complexity index is 390. The number of thioether (sulfide) groups is 1. The van der Waals surface area contributed by atoms with E-state index in [0.717, 1.165) is 23.8 Å². The van der Waals surface area contributed by atoms with Gasteiger partial charge in [0.25, 0.3) is 0 Å². The SMILES string of the molecule is CNCC(C)c1c(C)nc(C2CCCS2)nc1C. The van der Waals surface area contributed by atoms with Crippen LogP contribution in [0.2, 0.25) is 0 Å². The van der Waals surface area contributed by atoms with Crippen LogP contribution in [0.3, 0.4) is 0 Å². The van der Waals surface area contributed by atoms with Crippen LogP contribution in [-0.4, -0.2) is 29.3 Å². The van der Waals surface area contributed by atoms with Crippen molar-refractivity contribution in [2.45, 2.75) is 44.8 Å². The summed E-state index contributed by atoms with van der Waals surface area (Å²) in [6.07, 6.45) is 2.53. The fourth-order valence-corrected chi connectivity index (χ4v) is 4.00. The van der Waals surface area contributed by atoms with Crippen LogP contribution in [0.5, 0.6) is 0 Å². The molecular formula is C14H23N3S. The molecule has 100 valence electrons. The van der Waals surface area contributed by atoms with Crippen molar-refractivity contribution >= 4 is 11.8 Å². The van der Waals surface area contributed by atoms with Crippen LogP contribution in [0.15, 0.2) is 0 Å². The fourth-order valence-electron chi connectivity index (χ4n) is 2.80. The lowest BCUT2D eigenvalue weighted by atomic mass is 9.98. The number of likely N-dealkylation sites (N-methyl/N-ethyl adjacent to an activating group) is 1. The van der Waals surface area contributed by atoms with Gasteiger partial charge in [0, 0.05) is 17.9 Å². The monoisotopic (exact) mass is 265 g/mol. The van der Waals surface area contributed by atoms with Crippen LogP contribution in [0, 0.1) is 13.8 Å². The lowest BCUT2D eigenvalue weighted by molar-refractivity contribution is 0.655. The van der Waals surface area contributed by atoms with E-state index in [1.807, 2.05) is 18.8 Å². The van der Waals surface area contributed by atoms with Crippen LogP contribution in [-0.2, 0) is 0 Å². The zero-order valence-corrected chi connectivity index (χ0v) is 12.6. The van der Waals surface area contributed by atoms with Crippen molar-refractivity contribution in [3.05, 3.63) is 22.8 Å². The van der Waals surface area contributed by atoms with E-state index >= 15 is 0 Å². The topological polar surface area (TPSA) is 37.8 Å². The Morgan fingerprint density at radius 2 is 2.00 bits per heavy atom. The predicted molar refractivity (Wildman–Crippen MR) is 78.3 cm³/mol. The maximum atomic E-state index is 4.76. The van der Waals surface area contributed by atoms with E-state index in [4.69, 9.17) is 9.97 Å². The molecule has 3 nitrogen and oxygen atoms in total. The first kappa shape index (κ1) is 13.8. The van der Waals surface area contributed by atoms with Crippen LogP contribution >= 0.6 is 11.8 Å². The Hall–Kier alpha value is -0.610. The molecule has 0 amide bonds. The van der Waals surface area contributed by atoms with Gasteiger partial charge in [0.1, 0.15) is 5.82 Å². The molecule has 0 saturated carbocycles. The summed E-state index contributed by atoms with van der Waals surface area (Å²) in [4.78, 5) is 9.52. The lowest BCUT2D eigenvalue weighted by Gasteiger charge is -2.18. The highest BCUT2D eigenvalue weighted by molar-refractivity contribution is 7.99. The van der Waals surface area contributed by atoms with Gasteiger partial charge < -0.3 is 5.32 Å². The summed E-state index contributed by atoms with van der Waals surface area (Å²) >= 11 is 2.00. The molecule has 0 bridgehead atoms. The smallest absolute Gasteiger partial charge is 0.141 e. The summed E-state index contributed by atoms with van der Waals surface area (Å²) < 4.78 is 0. The zero-order valence-electron chi connectivity index (χ0n) is 11.8. The highest BCUT2D eigenvalue weighted by Gasteiger charge is 2.23. The maximum absolute atomic E-state index is 4.76. The lowest BCUT2D eigenvalue weighted by Crippen LogP contribution is -2.18. The van der Waals surface area contributed by atoms with Crippen LogP contribution in [0.4, 0.5) is 0 Å². The van der Waals surface area contributed by atoms with Gasteiger partial charge in [0.2, 0.25) is 0 Å². The number of aromatic nitrogens is 2. The molecule has 0 aliphatic carbocycles. The first-order chi connectivity index (χ1) is 8.63. The Kier molecular flexibility index (Phi) is 4.62. The molecule has 1 fully saturated rings. The number of nitrogens with zero attached hydrogens (tertiary/aromatic N) is 2. The molecule has 2 unspecified atom stereocenters. The van der Waals surface area contributed by atoms with Crippen LogP contribution in [0.25, 0.3) is 0 Å². The highest BCUT2D eigenvalue weighted by Crippen LogP contribution is 2.38. The van der Waals surface area contributed by atoms with Crippen molar-refractivity contribution in [3.8, 4) is 0 Å². The quantitative estimate of drug-likeness (QED) is 0.908. The maximum Gasteiger partial charge on any atom is 0.141 e. The third-order valence-corrected chi connectivity index (χ3v) is 4.94. The molecule has 1 N–H and O–H groups in total. The average Bonchev–Trinajstić information content (AvgIpc) is 2.81. The molecule has 1 aliphatic rings. The predicted octanol–water partition coefficient (Wildman–Crippen LogP) is 2.98. The summed E-state index contributed by atoms with van der Waals surface area (Å²) in [6.45, 7) is 7.46. The van der Waals surface area contributed by atoms with Gasteiger partial charge in [0.05, 0.1) is 5.25 Å². The Morgan fingerprint density at radius 3 is 2.50 bits per heavy atom. The van der Waals surface area contributed by atoms with Gasteiger partial charge in [-0.05, 0) is 51.0 Å². The number of hydrogen-bond acceptors (Lipinski definition) is 4. The Labute approximate surface area is 114 Å². The first-order valence-corrected chi connectivity index (χ1v) is 7.79. The van der Waals surface area contributed by atoms with E-state index in [-0.39, 0.29) is 0 Å². The fraction of sp³-hybridized carbons (Fsp3) is 0.714. The van der Waals surface area contributed by atoms with Gasteiger partial charge in [-0.15, -0.1) is 0 Å². The van der Waals surface area contributed by atoms with Gasteiger partial charge in [0.15, 0.2) is 0 Å². The molecule has 1 aliphatic heterocycles. The number of rotatable bonds is 4. The number of nitrogens with one attached hydrogen (secondary N) is 1. The molecule has 1 aromatic rings. The third kappa shape index (κ3) is 2.86. The summed E-state index contributed by atoms with van der Waals surface area (Å²) in [5.74, 6) is 2.78. The molecule has 4 heteroatoms. The van der Waals surface area contributed by atoms with Crippen molar-refractivity contribution in [2.75, 3.05) is 19.3 Å². The molecule has 18 heavy (non-hydrogen) atoms. The Balaban J connectivity index is 2.28. The second-order valence-corrected chi connectivity index (χ2v) is 6.44. The first-order valence-electron chi connectivity index (χ1n) is 6.74. The highest BCUT2D eigenvalue weighted by atomic mass is 32.2. The largest absolute Gasteiger partial charge is 0.319 e. The van der Waals surface area contributed by atoms with Crippen molar-refractivity contribution in [3.63, 3.8) is 0 Å². The number of hydrogen-bond donors (Lipinski definition) is 1. The standard InChI is InChI=1S/C14H23N3S/c1-9(8-15-4)13-10(2)16-14(17-11(13)3)12-6-5-7-18-12/h9,12,15H,5-8H2,1-4H3. The molecule has 2 atom stereocenters. The molecule has 1 aromatic heterocycles. The van der Waals surface area contributed by atoms with E-state index < -0.39 is 0 Å². The number of aryl methyl sites for hydroxylation is 2. The van der Waals surface area contributed by atoms with Gasteiger partial charge >= 0.3 is 0 Å². The average molecular weight is 265 g/mol. The van der Waals surface area contributed by atoms with Gasteiger partial charge in [-0.3, -0.25) is 0 Å². The summed E-state index contributed by atoms with van der Waals surface area (Å²) in [5.41, 5.74) is 3.64. The molecule has 0 radical (unpaired) electrons. The summed E-state index contributed by atoms with van der Waals surface area (Å²) in [7, 11) is 1.99. The molecule has 2 heterocycles. The normalized spacial score (nSPS) is 21.2. The van der Waals surface area contributed by atoms with Crippen LogP contribution < -0.4 is 5.32 Å². The van der Waals surface area contributed by atoms with E-state index in [2.05, 4.69) is 26.1 Å². The minimum absolute atomic E-state index is 0.472. The van der Waals surface area contributed by atoms with Gasteiger partial charge in [-0.2, -0.15) is 11.8 Å². The summed E-state index contributed by atoms with van der Waals surface area (Å²) in [6, 6.07) is 0. The van der Waals surface area contributed by atoms with Crippen molar-refractivity contribution in [2.24, 2.45) is 0 Å². The zero-order chi connectivity index (χ0) is 13.1. The van der Waals surface area contributed by atoms with Crippen molar-refractivity contribution < 1.29 is 0 Å². The van der Waals surface area contributed by atoms with E-state index in [9.17, 15) is 0 Å². The van der Waals surface area contributed by atoms with E-state index in [1.54, 1.807) is 0 Å². The molecular weight excluding hydrogens is 242 g/mol.